The Balaban J connectivity index is 3.62. The van der Waals surface area contributed by atoms with E-state index in [0.717, 1.165) is 77.7 Å². The predicted molar refractivity (Wildman–Crippen MR) is 85.4 cm³/mol. The monoisotopic (exact) mass is 287 g/mol. The number of aliphatic imine (C=N–C) groups is 1. The lowest BCUT2D eigenvalue weighted by Gasteiger charge is -2.11. The molecular formula is C15H33N3O2. The highest BCUT2D eigenvalue weighted by Gasteiger charge is 1.96. The van der Waals surface area contributed by atoms with Crippen molar-refractivity contribution in [2.45, 2.75) is 46.5 Å². The molecule has 0 aromatic rings. The van der Waals surface area contributed by atoms with Gasteiger partial charge in [0.2, 0.25) is 0 Å². The van der Waals surface area contributed by atoms with E-state index >= 15 is 0 Å². The Kier molecular flexibility index (Phi) is 15.6. The highest BCUT2D eigenvalue weighted by Crippen LogP contribution is 1.92. The first-order valence-corrected chi connectivity index (χ1v) is 8.02. The zero-order valence-electron chi connectivity index (χ0n) is 13.5. The molecule has 0 rings (SSSR count). The molecule has 0 aliphatic carbocycles. The van der Waals surface area contributed by atoms with Gasteiger partial charge in [-0.1, -0.05) is 0 Å². The van der Waals surface area contributed by atoms with E-state index < -0.39 is 0 Å². The quantitative estimate of drug-likeness (QED) is 0.310. The molecule has 0 radical (unpaired) electrons. The second-order valence-electron chi connectivity index (χ2n) is 4.50. The van der Waals surface area contributed by atoms with E-state index in [1.165, 1.54) is 0 Å². The first-order chi connectivity index (χ1) is 9.85. The minimum Gasteiger partial charge on any atom is -0.382 e. The highest BCUT2D eigenvalue weighted by molar-refractivity contribution is 5.79. The van der Waals surface area contributed by atoms with Crippen LogP contribution in [0.15, 0.2) is 4.99 Å². The Morgan fingerprint density at radius 1 is 0.850 bits per heavy atom. The molecular weight excluding hydrogens is 254 g/mol. The zero-order valence-corrected chi connectivity index (χ0v) is 13.5. The molecule has 0 spiro atoms. The summed E-state index contributed by atoms with van der Waals surface area (Å²) in [6, 6.07) is 0. The minimum absolute atomic E-state index is 0.801. The van der Waals surface area contributed by atoms with Crippen LogP contribution >= 0.6 is 0 Å². The summed E-state index contributed by atoms with van der Waals surface area (Å²) in [5, 5.41) is 6.61. The van der Waals surface area contributed by atoms with E-state index in [4.69, 9.17) is 9.47 Å². The van der Waals surface area contributed by atoms with Crippen molar-refractivity contribution >= 4 is 5.96 Å². The van der Waals surface area contributed by atoms with Gasteiger partial charge in [-0.15, -0.1) is 0 Å². The van der Waals surface area contributed by atoms with Crippen LogP contribution in [0.2, 0.25) is 0 Å². The summed E-state index contributed by atoms with van der Waals surface area (Å²) in [6.45, 7) is 12.1. The van der Waals surface area contributed by atoms with Gasteiger partial charge >= 0.3 is 0 Å². The summed E-state index contributed by atoms with van der Waals surface area (Å²) in [5.41, 5.74) is 0. The van der Waals surface area contributed by atoms with Crippen LogP contribution in [0.5, 0.6) is 0 Å². The second kappa shape index (κ2) is 16.2. The Morgan fingerprint density at radius 3 is 2.10 bits per heavy atom. The van der Waals surface area contributed by atoms with Crippen LogP contribution in [-0.2, 0) is 9.47 Å². The topological polar surface area (TPSA) is 54.9 Å². The van der Waals surface area contributed by atoms with Crippen molar-refractivity contribution in [2.24, 2.45) is 4.99 Å². The lowest BCUT2D eigenvalue weighted by Crippen LogP contribution is -2.38. The maximum atomic E-state index is 5.31. The van der Waals surface area contributed by atoms with Crippen LogP contribution in [0.1, 0.15) is 46.5 Å². The van der Waals surface area contributed by atoms with Crippen molar-refractivity contribution in [1.29, 1.82) is 0 Å². The molecule has 5 heteroatoms. The van der Waals surface area contributed by atoms with Crippen LogP contribution in [0.25, 0.3) is 0 Å². The number of hydrogen-bond acceptors (Lipinski definition) is 3. The molecule has 0 aliphatic rings. The largest absolute Gasteiger partial charge is 0.382 e. The van der Waals surface area contributed by atoms with Crippen LogP contribution in [0, 0.1) is 0 Å². The van der Waals surface area contributed by atoms with Gasteiger partial charge in [-0.3, -0.25) is 4.99 Å². The summed E-state index contributed by atoms with van der Waals surface area (Å²) in [7, 11) is 0. The van der Waals surface area contributed by atoms with Gasteiger partial charge in [-0.25, -0.2) is 0 Å². The molecule has 5 nitrogen and oxygen atoms in total. The van der Waals surface area contributed by atoms with E-state index in [2.05, 4.69) is 22.5 Å². The molecule has 120 valence electrons. The Morgan fingerprint density at radius 2 is 1.50 bits per heavy atom. The fourth-order valence-corrected chi connectivity index (χ4v) is 1.67. The van der Waals surface area contributed by atoms with Crippen molar-refractivity contribution in [3.8, 4) is 0 Å². The van der Waals surface area contributed by atoms with Gasteiger partial charge in [0.25, 0.3) is 0 Å². The van der Waals surface area contributed by atoms with Gasteiger partial charge in [0, 0.05) is 46.1 Å². The normalized spacial score (nSPS) is 11.7. The fourth-order valence-electron chi connectivity index (χ4n) is 1.67. The van der Waals surface area contributed by atoms with Crippen LogP contribution < -0.4 is 10.6 Å². The third-order valence-corrected chi connectivity index (χ3v) is 2.73. The number of rotatable bonds is 13. The van der Waals surface area contributed by atoms with E-state index in [9.17, 15) is 0 Å². The maximum Gasteiger partial charge on any atom is 0.191 e. The molecule has 0 saturated carbocycles. The molecule has 0 fully saturated rings. The number of ether oxygens (including phenoxy) is 2. The summed E-state index contributed by atoms with van der Waals surface area (Å²) in [5.74, 6) is 0.917. The summed E-state index contributed by atoms with van der Waals surface area (Å²) < 4.78 is 10.6. The molecule has 0 atom stereocenters. The lowest BCUT2D eigenvalue weighted by molar-refractivity contribution is 0.143. The zero-order chi connectivity index (χ0) is 14.9. The fraction of sp³-hybridized carbons (Fsp3) is 0.933. The van der Waals surface area contributed by atoms with Crippen molar-refractivity contribution in [1.82, 2.24) is 10.6 Å². The molecule has 0 aromatic heterocycles. The number of nitrogens with zero attached hydrogens (tertiary/aromatic N) is 1. The first kappa shape index (κ1) is 19.2. The van der Waals surface area contributed by atoms with Crippen LogP contribution in [0.3, 0.4) is 0 Å². The molecule has 0 unspecified atom stereocenters. The van der Waals surface area contributed by atoms with E-state index in [0.29, 0.717) is 0 Å². The Bertz CT molecular complexity index is 223. The predicted octanol–water partition coefficient (Wildman–Crippen LogP) is 2.17. The average molecular weight is 287 g/mol. The second-order valence-corrected chi connectivity index (χ2v) is 4.50. The van der Waals surface area contributed by atoms with Gasteiger partial charge in [0.15, 0.2) is 5.96 Å². The standard InChI is InChI=1S/C15H33N3O2/c1-4-16-15(17-11-7-9-13-19-5-2)18-12-8-10-14-20-6-3/h4-14H2,1-3H3,(H2,16,17,18). The van der Waals surface area contributed by atoms with Gasteiger partial charge in [-0.2, -0.15) is 0 Å². The van der Waals surface area contributed by atoms with Crippen LogP contribution in [0.4, 0.5) is 0 Å². The number of guanidine groups is 1. The third-order valence-electron chi connectivity index (χ3n) is 2.73. The first-order valence-electron chi connectivity index (χ1n) is 8.02. The van der Waals surface area contributed by atoms with Crippen molar-refractivity contribution in [3.05, 3.63) is 0 Å². The minimum atomic E-state index is 0.801. The molecule has 0 saturated heterocycles. The number of nitrogens with one attached hydrogen (secondary N) is 2. The molecule has 0 bridgehead atoms. The SMILES string of the molecule is CCNC(=NCCCCOCC)NCCCCOCC. The smallest absolute Gasteiger partial charge is 0.191 e. The molecule has 0 heterocycles. The Labute approximate surface area is 124 Å². The Hall–Kier alpha value is -0.810. The van der Waals surface area contributed by atoms with Gasteiger partial charge in [0.1, 0.15) is 0 Å². The lowest BCUT2D eigenvalue weighted by atomic mass is 10.3. The van der Waals surface area contributed by atoms with Gasteiger partial charge < -0.3 is 20.1 Å². The van der Waals surface area contributed by atoms with E-state index in [-0.39, 0.29) is 0 Å². The summed E-state index contributed by atoms with van der Waals surface area (Å²) in [4.78, 5) is 4.55. The summed E-state index contributed by atoms with van der Waals surface area (Å²) in [6.07, 6.45) is 4.34. The number of hydrogen-bond donors (Lipinski definition) is 2. The van der Waals surface area contributed by atoms with Gasteiger partial charge in [-0.05, 0) is 46.5 Å². The molecule has 20 heavy (non-hydrogen) atoms. The molecule has 2 N–H and O–H groups in total. The maximum absolute atomic E-state index is 5.31. The average Bonchev–Trinajstić information content (AvgIpc) is 2.46. The highest BCUT2D eigenvalue weighted by atomic mass is 16.5. The van der Waals surface area contributed by atoms with Crippen molar-refractivity contribution < 1.29 is 9.47 Å². The van der Waals surface area contributed by atoms with Crippen molar-refractivity contribution in [2.75, 3.05) is 46.1 Å². The van der Waals surface area contributed by atoms with Gasteiger partial charge in [0.05, 0.1) is 0 Å². The van der Waals surface area contributed by atoms with E-state index in [1.807, 2.05) is 13.8 Å². The summed E-state index contributed by atoms with van der Waals surface area (Å²) >= 11 is 0. The van der Waals surface area contributed by atoms with Crippen molar-refractivity contribution in [3.63, 3.8) is 0 Å². The van der Waals surface area contributed by atoms with Crippen LogP contribution in [-0.4, -0.2) is 52.0 Å². The molecule has 0 amide bonds. The third kappa shape index (κ3) is 13.6. The van der Waals surface area contributed by atoms with E-state index in [1.54, 1.807) is 0 Å². The number of unbranched alkanes of at least 4 members (excludes halogenated alkanes) is 2. The molecule has 0 aliphatic heterocycles. The molecule has 0 aromatic carbocycles.